The number of aromatic nitrogens is 1. The average Bonchev–Trinajstić information content (AvgIpc) is 3.82. The van der Waals surface area contributed by atoms with Gasteiger partial charge in [0.2, 0.25) is 0 Å². The van der Waals surface area contributed by atoms with Crippen molar-refractivity contribution < 1.29 is 0 Å². The lowest BCUT2D eigenvalue weighted by atomic mass is 9.70. The first kappa shape index (κ1) is 25.1. The largest absolute Gasteiger partial charge is 0.309 e. The first-order valence-electron chi connectivity index (χ1n) is 16.0. The molecule has 8 aromatic rings. The molecule has 0 bridgehead atoms. The van der Waals surface area contributed by atoms with E-state index in [0.29, 0.717) is 0 Å². The topological polar surface area (TPSA) is 4.93 Å². The predicted molar refractivity (Wildman–Crippen MR) is 193 cm³/mol. The molecule has 7 aromatic carbocycles. The minimum Gasteiger partial charge on any atom is -0.309 e. The highest BCUT2D eigenvalue weighted by Crippen LogP contribution is 2.65. The fourth-order valence-corrected chi connectivity index (χ4v) is 9.62. The van der Waals surface area contributed by atoms with Crippen LogP contribution in [0.15, 0.2) is 150 Å². The molecule has 0 radical (unpaired) electrons. The quantitative estimate of drug-likeness (QED) is 0.167. The third kappa shape index (κ3) is 2.88. The zero-order valence-electron chi connectivity index (χ0n) is 24.9. The van der Waals surface area contributed by atoms with Gasteiger partial charge in [0, 0.05) is 26.5 Å². The van der Waals surface area contributed by atoms with E-state index in [2.05, 4.69) is 166 Å². The van der Waals surface area contributed by atoms with Crippen LogP contribution in [0.2, 0.25) is 0 Å². The lowest BCUT2D eigenvalue weighted by Gasteiger charge is -2.30. The van der Waals surface area contributed by atoms with Gasteiger partial charge in [-0.2, -0.15) is 0 Å². The zero-order chi connectivity index (χ0) is 30.1. The molecule has 1 spiro atoms. The van der Waals surface area contributed by atoms with Crippen molar-refractivity contribution in [1.82, 2.24) is 4.57 Å². The van der Waals surface area contributed by atoms with Gasteiger partial charge >= 0.3 is 0 Å². The number of hydrogen-bond donors (Lipinski definition) is 0. The molecule has 1 aromatic heterocycles. The van der Waals surface area contributed by atoms with Crippen LogP contribution in [0.4, 0.5) is 0 Å². The maximum Gasteiger partial charge on any atom is 0.0726 e. The summed E-state index contributed by atoms with van der Waals surface area (Å²) >= 11 is 3.74. The summed E-state index contributed by atoms with van der Waals surface area (Å²) in [6, 6.07) is 54.6. The summed E-state index contributed by atoms with van der Waals surface area (Å²) in [4.78, 5) is 0. The van der Waals surface area contributed by atoms with Gasteiger partial charge in [0.15, 0.2) is 0 Å². The molecule has 0 amide bonds. The van der Waals surface area contributed by atoms with Crippen molar-refractivity contribution in [3.05, 3.63) is 183 Å². The Morgan fingerprint density at radius 3 is 2.00 bits per heavy atom. The van der Waals surface area contributed by atoms with Crippen molar-refractivity contribution >= 4 is 37.7 Å². The summed E-state index contributed by atoms with van der Waals surface area (Å²) in [6.07, 6.45) is 0.960. The number of hydrogen-bond acceptors (Lipinski definition) is 0. The summed E-state index contributed by atoms with van der Waals surface area (Å²) < 4.78 is 3.63. The molecular weight excluding hydrogens is 622 g/mol. The molecule has 3 aliphatic rings. The van der Waals surface area contributed by atoms with E-state index in [1.54, 1.807) is 0 Å². The molecule has 1 unspecified atom stereocenters. The summed E-state index contributed by atoms with van der Waals surface area (Å²) in [7, 11) is 0. The third-order valence-corrected chi connectivity index (χ3v) is 11.4. The Kier molecular flexibility index (Phi) is 4.77. The van der Waals surface area contributed by atoms with Gasteiger partial charge in [0.25, 0.3) is 0 Å². The molecule has 11 rings (SSSR count). The molecule has 2 heteroatoms. The number of benzene rings is 7. The van der Waals surface area contributed by atoms with Crippen LogP contribution >= 0.6 is 15.9 Å². The minimum absolute atomic E-state index is 0.394. The van der Waals surface area contributed by atoms with Gasteiger partial charge in [-0.25, -0.2) is 0 Å². The van der Waals surface area contributed by atoms with E-state index in [9.17, 15) is 0 Å². The second-order valence-corrected chi connectivity index (χ2v) is 13.8. The van der Waals surface area contributed by atoms with E-state index in [1.807, 2.05) is 0 Å². The maximum absolute atomic E-state index is 3.74. The fourth-order valence-electron chi connectivity index (χ4n) is 9.26. The predicted octanol–water partition coefficient (Wildman–Crippen LogP) is 11.5. The molecular formula is C44H26BrN. The first-order valence-corrected chi connectivity index (χ1v) is 16.8. The normalized spacial score (nSPS) is 16.4. The second kappa shape index (κ2) is 8.75. The number of fused-ring (bicyclic) bond motifs is 18. The van der Waals surface area contributed by atoms with Crippen molar-refractivity contribution in [1.29, 1.82) is 0 Å². The van der Waals surface area contributed by atoms with Crippen molar-refractivity contribution in [3.63, 3.8) is 0 Å². The monoisotopic (exact) mass is 647 g/mol. The zero-order valence-corrected chi connectivity index (χ0v) is 26.5. The van der Waals surface area contributed by atoms with Gasteiger partial charge in [-0.1, -0.05) is 131 Å². The molecule has 0 N–H and O–H groups in total. The van der Waals surface area contributed by atoms with Gasteiger partial charge < -0.3 is 4.57 Å². The average molecular weight is 649 g/mol. The van der Waals surface area contributed by atoms with Crippen molar-refractivity contribution in [2.24, 2.45) is 0 Å². The van der Waals surface area contributed by atoms with E-state index in [0.717, 1.165) is 10.9 Å². The lowest BCUT2D eigenvalue weighted by Crippen LogP contribution is -2.25. The van der Waals surface area contributed by atoms with Crippen LogP contribution in [-0.2, 0) is 11.8 Å². The van der Waals surface area contributed by atoms with Gasteiger partial charge in [-0.3, -0.25) is 0 Å². The highest BCUT2D eigenvalue weighted by Gasteiger charge is 2.53. The Morgan fingerprint density at radius 1 is 0.500 bits per heavy atom. The molecule has 0 saturated heterocycles. The number of rotatable bonds is 1. The molecule has 214 valence electrons. The molecule has 1 nitrogen and oxygen atoms in total. The summed E-state index contributed by atoms with van der Waals surface area (Å²) in [5.74, 6) is 0. The number of halogens is 1. The molecule has 0 fully saturated rings. The van der Waals surface area contributed by atoms with E-state index in [4.69, 9.17) is 0 Å². The number of nitrogens with zero attached hydrogens (tertiary/aromatic N) is 1. The highest BCUT2D eigenvalue weighted by molar-refractivity contribution is 9.10. The van der Waals surface area contributed by atoms with Crippen LogP contribution in [0.5, 0.6) is 0 Å². The highest BCUT2D eigenvalue weighted by atomic mass is 79.9. The second-order valence-electron chi connectivity index (χ2n) is 12.9. The van der Waals surface area contributed by atoms with Crippen LogP contribution in [0.25, 0.3) is 60.9 Å². The van der Waals surface area contributed by atoms with Gasteiger partial charge in [0.1, 0.15) is 0 Å². The Hall–Kier alpha value is -5.18. The molecule has 0 saturated carbocycles. The van der Waals surface area contributed by atoms with Crippen molar-refractivity contribution in [2.75, 3.05) is 0 Å². The molecule has 1 heterocycles. The Bertz CT molecular complexity index is 2620. The minimum atomic E-state index is -0.394. The SMILES string of the molecule is Brc1ccc2c(c1)-c1ccc3c(c1C2)-c1ccccc1C31c2ccccc2-c2c1ccc1c3ccccc3n(-c3ccccc3)c21. The van der Waals surface area contributed by atoms with E-state index >= 15 is 0 Å². The third-order valence-electron chi connectivity index (χ3n) is 10.9. The van der Waals surface area contributed by atoms with Crippen LogP contribution in [-0.4, -0.2) is 4.57 Å². The lowest BCUT2D eigenvalue weighted by molar-refractivity contribution is 0.794. The Morgan fingerprint density at radius 2 is 1.17 bits per heavy atom. The van der Waals surface area contributed by atoms with Gasteiger partial charge in [0.05, 0.1) is 16.4 Å². The number of para-hydroxylation sites is 2. The Labute approximate surface area is 275 Å². The van der Waals surface area contributed by atoms with Gasteiger partial charge in [-0.05, 0) is 98.0 Å². The first-order chi connectivity index (χ1) is 22.7. The van der Waals surface area contributed by atoms with E-state index in [-0.39, 0.29) is 0 Å². The standard InChI is InChI=1S/C44H26BrN/c45-27-19-18-26-24-35-29(34(26)25-27)20-22-38-41(35)32-13-4-7-15-36(32)44(38)37-16-8-5-14-33(37)42-39(44)23-21-31-30-12-6-9-17-40(30)46(43(31)42)28-10-2-1-3-11-28/h1-23,25H,24H2. The van der Waals surface area contributed by atoms with Gasteiger partial charge in [-0.15, -0.1) is 0 Å². The molecule has 46 heavy (non-hydrogen) atoms. The van der Waals surface area contributed by atoms with E-state index in [1.165, 1.54) is 94.3 Å². The van der Waals surface area contributed by atoms with Crippen LogP contribution in [0.3, 0.4) is 0 Å². The van der Waals surface area contributed by atoms with Crippen molar-refractivity contribution in [2.45, 2.75) is 11.8 Å². The van der Waals surface area contributed by atoms with Crippen LogP contribution in [0, 0.1) is 0 Å². The molecule has 3 aliphatic carbocycles. The Balaban J connectivity index is 1.31. The van der Waals surface area contributed by atoms with Crippen LogP contribution in [0.1, 0.15) is 33.4 Å². The summed E-state index contributed by atoms with van der Waals surface area (Å²) in [5, 5.41) is 2.59. The smallest absolute Gasteiger partial charge is 0.0726 e. The van der Waals surface area contributed by atoms with Crippen LogP contribution < -0.4 is 0 Å². The fraction of sp³-hybridized carbons (Fsp3) is 0.0455. The maximum atomic E-state index is 3.74. The van der Waals surface area contributed by atoms with E-state index < -0.39 is 5.41 Å². The molecule has 0 aliphatic heterocycles. The summed E-state index contributed by atoms with van der Waals surface area (Å²) in [6.45, 7) is 0. The molecule has 1 atom stereocenters. The van der Waals surface area contributed by atoms with Crippen molar-refractivity contribution in [3.8, 4) is 39.1 Å². The summed E-state index contributed by atoms with van der Waals surface area (Å²) in [5.41, 5.74) is 20.0.